The summed E-state index contributed by atoms with van der Waals surface area (Å²) in [4.78, 5) is 25.2. The van der Waals surface area contributed by atoms with Crippen LogP contribution in [0, 0.1) is 6.92 Å². The van der Waals surface area contributed by atoms with E-state index in [1.54, 1.807) is 4.57 Å². The number of carbonyl (C=O) groups excluding carboxylic acids is 1. The second kappa shape index (κ2) is 5.96. The van der Waals surface area contributed by atoms with E-state index < -0.39 is 5.91 Å². The molecule has 1 amide bonds. The molecule has 4 N–H and O–H groups in total. The number of nitrogen functional groups attached to an aromatic ring is 1. The quantitative estimate of drug-likeness (QED) is 0.593. The van der Waals surface area contributed by atoms with Crippen LogP contribution in [0.15, 0.2) is 54.6 Å². The van der Waals surface area contributed by atoms with Crippen molar-refractivity contribution in [2.24, 2.45) is 5.73 Å². The minimum atomic E-state index is -0.677. The third kappa shape index (κ3) is 2.55. The Morgan fingerprint density at radius 2 is 1.65 bits per heavy atom. The van der Waals surface area contributed by atoms with Gasteiger partial charge in [-0.3, -0.25) is 9.36 Å². The maximum Gasteiger partial charge on any atom is 0.269 e. The zero-order valence-corrected chi connectivity index (χ0v) is 14.0. The standard InChI is InChI=1S/C19H16N6O/c1-11-7-9-12(10-8-11)17-22-14(16(20)26)15-18(24-17)25(19(21)23-15)13-5-3-2-4-6-13/h2-10H,1H3,(H2,20,26)(H2,21,23). The Labute approximate surface area is 149 Å². The third-order valence-electron chi connectivity index (χ3n) is 4.09. The Morgan fingerprint density at radius 3 is 2.31 bits per heavy atom. The van der Waals surface area contributed by atoms with Crippen LogP contribution in [0.4, 0.5) is 5.95 Å². The number of primary amides is 1. The highest BCUT2D eigenvalue weighted by molar-refractivity contribution is 6.02. The Morgan fingerprint density at radius 1 is 0.962 bits per heavy atom. The number of fused-ring (bicyclic) bond motifs is 1. The van der Waals surface area contributed by atoms with Gasteiger partial charge in [0.25, 0.3) is 5.91 Å². The van der Waals surface area contributed by atoms with Gasteiger partial charge in [0.05, 0.1) is 5.69 Å². The van der Waals surface area contributed by atoms with Gasteiger partial charge >= 0.3 is 0 Å². The molecule has 4 rings (SSSR count). The molecule has 0 saturated heterocycles. The zero-order valence-electron chi connectivity index (χ0n) is 14.0. The van der Waals surface area contributed by atoms with Crippen LogP contribution in [0.25, 0.3) is 28.2 Å². The van der Waals surface area contributed by atoms with E-state index in [1.165, 1.54) is 0 Å². The molecule has 0 fully saturated rings. The number of aryl methyl sites for hydroxylation is 1. The SMILES string of the molecule is Cc1ccc(-c2nc(C(N)=O)c3nc(N)n(-c4ccccc4)c3n2)cc1. The van der Waals surface area contributed by atoms with Crippen molar-refractivity contribution in [3.63, 3.8) is 0 Å². The van der Waals surface area contributed by atoms with Crippen LogP contribution in [0.1, 0.15) is 16.1 Å². The second-order valence-electron chi connectivity index (χ2n) is 5.94. The fraction of sp³-hybridized carbons (Fsp3) is 0.0526. The molecule has 0 aliphatic rings. The maximum atomic E-state index is 12.0. The molecule has 0 aliphatic carbocycles. The van der Waals surface area contributed by atoms with Crippen LogP contribution in [0.2, 0.25) is 0 Å². The van der Waals surface area contributed by atoms with Gasteiger partial charge < -0.3 is 11.5 Å². The van der Waals surface area contributed by atoms with Crippen molar-refractivity contribution in [1.29, 1.82) is 0 Å². The van der Waals surface area contributed by atoms with Gasteiger partial charge in [-0.25, -0.2) is 15.0 Å². The number of benzene rings is 2. The highest BCUT2D eigenvalue weighted by Crippen LogP contribution is 2.26. The Balaban J connectivity index is 2.04. The molecule has 0 bridgehead atoms. The Hall–Kier alpha value is -3.74. The predicted molar refractivity (Wildman–Crippen MR) is 99.8 cm³/mol. The first-order valence-corrected chi connectivity index (χ1v) is 8.03. The molecule has 0 aliphatic heterocycles. The van der Waals surface area contributed by atoms with Crippen molar-refractivity contribution in [2.45, 2.75) is 6.92 Å². The molecule has 2 aromatic carbocycles. The molecule has 0 spiro atoms. The van der Waals surface area contributed by atoms with Gasteiger partial charge in [0.15, 0.2) is 17.2 Å². The number of amides is 1. The van der Waals surface area contributed by atoms with E-state index in [4.69, 9.17) is 11.5 Å². The van der Waals surface area contributed by atoms with Gasteiger partial charge in [-0.05, 0) is 19.1 Å². The first-order valence-electron chi connectivity index (χ1n) is 8.03. The smallest absolute Gasteiger partial charge is 0.269 e. The lowest BCUT2D eigenvalue weighted by atomic mass is 10.1. The number of nitrogens with two attached hydrogens (primary N) is 2. The molecule has 0 radical (unpaired) electrons. The monoisotopic (exact) mass is 344 g/mol. The van der Waals surface area contributed by atoms with Gasteiger partial charge in [0.1, 0.15) is 5.52 Å². The van der Waals surface area contributed by atoms with E-state index in [-0.39, 0.29) is 17.2 Å². The van der Waals surface area contributed by atoms with Crippen LogP contribution in [-0.4, -0.2) is 25.4 Å². The summed E-state index contributed by atoms with van der Waals surface area (Å²) >= 11 is 0. The van der Waals surface area contributed by atoms with Crippen molar-refractivity contribution in [3.8, 4) is 17.1 Å². The van der Waals surface area contributed by atoms with Crippen molar-refractivity contribution in [2.75, 3.05) is 5.73 Å². The predicted octanol–water partition coefficient (Wildman–Crippen LogP) is 2.47. The fourth-order valence-electron chi connectivity index (χ4n) is 2.81. The second-order valence-corrected chi connectivity index (χ2v) is 5.94. The van der Waals surface area contributed by atoms with E-state index in [2.05, 4.69) is 15.0 Å². The summed E-state index contributed by atoms with van der Waals surface area (Å²) in [6.45, 7) is 1.99. The van der Waals surface area contributed by atoms with E-state index in [9.17, 15) is 4.79 Å². The summed E-state index contributed by atoms with van der Waals surface area (Å²) < 4.78 is 1.68. The summed E-state index contributed by atoms with van der Waals surface area (Å²) in [5.74, 6) is -0.0732. The molecule has 128 valence electrons. The fourth-order valence-corrected chi connectivity index (χ4v) is 2.81. The zero-order chi connectivity index (χ0) is 18.3. The van der Waals surface area contributed by atoms with E-state index in [0.717, 1.165) is 16.8 Å². The number of anilines is 1. The largest absolute Gasteiger partial charge is 0.369 e. The molecule has 26 heavy (non-hydrogen) atoms. The van der Waals surface area contributed by atoms with Gasteiger partial charge in [-0.2, -0.15) is 0 Å². The summed E-state index contributed by atoms with van der Waals surface area (Å²) in [5.41, 5.74) is 15.1. The minimum absolute atomic E-state index is 0.0481. The van der Waals surface area contributed by atoms with Gasteiger partial charge in [0.2, 0.25) is 5.95 Å². The normalized spacial score (nSPS) is 11.0. The molecule has 4 aromatic rings. The maximum absolute atomic E-state index is 12.0. The lowest BCUT2D eigenvalue weighted by Gasteiger charge is -2.07. The summed E-state index contributed by atoms with van der Waals surface area (Å²) in [5, 5.41) is 0. The number of nitrogens with zero attached hydrogens (tertiary/aromatic N) is 4. The molecule has 2 aromatic heterocycles. The van der Waals surface area contributed by atoms with Gasteiger partial charge in [-0.15, -0.1) is 0 Å². The number of aromatic nitrogens is 4. The van der Waals surface area contributed by atoms with Crippen molar-refractivity contribution >= 4 is 23.0 Å². The van der Waals surface area contributed by atoms with Crippen molar-refractivity contribution < 1.29 is 4.79 Å². The van der Waals surface area contributed by atoms with E-state index >= 15 is 0 Å². The first kappa shape index (κ1) is 15.8. The number of para-hydroxylation sites is 1. The van der Waals surface area contributed by atoms with E-state index in [0.29, 0.717) is 11.5 Å². The number of hydrogen-bond donors (Lipinski definition) is 2. The Bertz CT molecular complexity index is 1120. The molecule has 7 nitrogen and oxygen atoms in total. The molecule has 2 heterocycles. The van der Waals surface area contributed by atoms with Crippen LogP contribution in [-0.2, 0) is 0 Å². The summed E-state index contributed by atoms with van der Waals surface area (Å²) in [7, 11) is 0. The molecular weight excluding hydrogens is 328 g/mol. The minimum Gasteiger partial charge on any atom is -0.369 e. The first-order chi connectivity index (χ1) is 12.5. The molecular formula is C19H16N6O. The number of imidazole rings is 1. The summed E-state index contributed by atoms with van der Waals surface area (Å²) in [6.07, 6.45) is 0. The van der Waals surface area contributed by atoms with Crippen LogP contribution < -0.4 is 11.5 Å². The Kier molecular flexibility index (Phi) is 3.62. The highest BCUT2D eigenvalue weighted by Gasteiger charge is 2.21. The molecule has 0 unspecified atom stereocenters. The van der Waals surface area contributed by atoms with Crippen molar-refractivity contribution in [1.82, 2.24) is 19.5 Å². The summed E-state index contributed by atoms with van der Waals surface area (Å²) in [6, 6.07) is 17.1. The van der Waals surface area contributed by atoms with Crippen LogP contribution >= 0.6 is 0 Å². The van der Waals surface area contributed by atoms with E-state index in [1.807, 2.05) is 61.5 Å². The average molecular weight is 344 g/mol. The van der Waals surface area contributed by atoms with Crippen molar-refractivity contribution in [3.05, 3.63) is 65.9 Å². The lowest BCUT2D eigenvalue weighted by molar-refractivity contribution is 0.0997. The topological polar surface area (TPSA) is 113 Å². The van der Waals surface area contributed by atoms with Crippen LogP contribution in [0.5, 0.6) is 0 Å². The number of hydrogen-bond acceptors (Lipinski definition) is 5. The molecule has 7 heteroatoms. The third-order valence-corrected chi connectivity index (χ3v) is 4.09. The van der Waals surface area contributed by atoms with Gasteiger partial charge in [-0.1, -0.05) is 48.0 Å². The highest BCUT2D eigenvalue weighted by atomic mass is 16.1. The molecule has 0 atom stereocenters. The molecule has 0 saturated carbocycles. The lowest BCUT2D eigenvalue weighted by Crippen LogP contribution is -2.15. The number of rotatable bonds is 3. The average Bonchev–Trinajstić information content (AvgIpc) is 2.97. The van der Waals surface area contributed by atoms with Crippen LogP contribution in [0.3, 0.4) is 0 Å². The van der Waals surface area contributed by atoms with Gasteiger partial charge in [0, 0.05) is 5.56 Å². The number of carbonyl (C=O) groups is 1.